The maximum atomic E-state index is 11.5. The minimum Gasteiger partial charge on any atom is -0.352 e. The quantitative estimate of drug-likeness (QED) is 0.813. The van der Waals surface area contributed by atoms with E-state index in [2.05, 4.69) is 5.32 Å². The lowest BCUT2D eigenvalue weighted by Crippen LogP contribution is -2.34. The fraction of sp³-hybridized carbons (Fsp3) is 0.364. The Morgan fingerprint density at radius 3 is 2.53 bits per heavy atom. The standard InChI is InChI=1S/C11H13Cl2NO/c1-8(7-12)14-11(15)6-9-2-4-10(13)5-3-9/h2-5,8H,6-7H2,1H3,(H,14,15)/t8-/m0/s1. The van der Waals surface area contributed by atoms with Gasteiger partial charge in [0.05, 0.1) is 6.42 Å². The van der Waals surface area contributed by atoms with Gasteiger partial charge in [-0.2, -0.15) is 0 Å². The highest BCUT2D eigenvalue weighted by molar-refractivity contribution is 6.30. The summed E-state index contributed by atoms with van der Waals surface area (Å²) in [5.41, 5.74) is 0.943. The molecular formula is C11H13Cl2NO. The summed E-state index contributed by atoms with van der Waals surface area (Å²) in [5, 5.41) is 3.46. The van der Waals surface area contributed by atoms with Crippen LogP contribution in [0.1, 0.15) is 12.5 Å². The summed E-state index contributed by atoms with van der Waals surface area (Å²) in [6.07, 6.45) is 0.360. The molecule has 15 heavy (non-hydrogen) atoms. The van der Waals surface area contributed by atoms with Crippen LogP contribution >= 0.6 is 23.2 Å². The van der Waals surface area contributed by atoms with E-state index in [0.29, 0.717) is 17.3 Å². The molecule has 1 rings (SSSR count). The first-order valence-corrected chi connectivity index (χ1v) is 5.63. The number of alkyl halides is 1. The van der Waals surface area contributed by atoms with E-state index in [1.807, 2.05) is 19.1 Å². The van der Waals surface area contributed by atoms with Crippen LogP contribution in [-0.2, 0) is 11.2 Å². The van der Waals surface area contributed by atoms with E-state index in [1.165, 1.54) is 0 Å². The summed E-state index contributed by atoms with van der Waals surface area (Å²) >= 11 is 11.3. The molecule has 0 aromatic heterocycles. The summed E-state index contributed by atoms with van der Waals surface area (Å²) in [4.78, 5) is 11.5. The predicted molar refractivity (Wildman–Crippen MR) is 63.5 cm³/mol. The highest BCUT2D eigenvalue weighted by atomic mass is 35.5. The molecule has 0 fully saturated rings. The Morgan fingerprint density at radius 2 is 2.00 bits per heavy atom. The molecule has 2 nitrogen and oxygen atoms in total. The number of carbonyl (C=O) groups excluding carboxylic acids is 1. The lowest BCUT2D eigenvalue weighted by atomic mass is 10.1. The molecule has 82 valence electrons. The number of carbonyl (C=O) groups is 1. The summed E-state index contributed by atoms with van der Waals surface area (Å²) in [6.45, 7) is 1.87. The molecule has 0 radical (unpaired) electrons. The molecule has 0 saturated heterocycles. The summed E-state index contributed by atoms with van der Waals surface area (Å²) in [5.74, 6) is 0.400. The lowest BCUT2D eigenvalue weighted by molar-refractivity contribution is -0.120. The molecule has 0 saturated carbocycles. The topological polar surface area (TPSA) is 29.1 Å². The Kier molecular flexibility index (Phi) is 4.92. The molecule has 0 aliphatic heterocycles. The van der Waals surface area contributed by atoms with Crippen LogP contribution in [0.4, 0.5) is 0 Å². The van der Waals surface area contributed by atoms with Gasteiger partial charge < -0.3 is 5.32 Å². The molecule has 1 aromatic carbocycles. The molecule has 4 heteroatoms. The monoisotopic (exact) mass is 245 g/mol. The molecule has 0 heterocycles. The van der Waals surface area contributed by atoms with Gasteiger partial charge in [0.2, 0.25) is 5.91 Å². The van der Waals surface area contributed by atoms with Crippen LogP contribution in [0.5, 0.6) is 0 Å². The minimum absolute atomic E-state index is 0.00599. The first-order chi connectivity index (χ1) is 7.11. The third kappa shape index (κ3) is 4.54. The average molecular weight is 246 g/mol. The predicted octanol–water partition coefficient (Wildman–Crippen LogP) is 2.63. The van der Waals surface area contributed by atoms with E-state index < -0.39 is 0 Å². The number of halogens is 2. The molecule has 0 unspecified atom stereocenters. The van der Waals surface area contributed by atoms with Crippen LogP contribution in [0.15, 0.2) is 24.3 Å². The molecule has 0 bridgehead atoms. The largest absolute Gasteiger partial charge is 0.352 e. The SMILES string of the molecule is C[C@@H](CCl)NC(=O)Cc1ccc(Cl)cc1. The molecule has 1 atom stereocenters. The maximum absolute atomic E-state index is 11.5. The number of amides is 1. The summed E-state index contributed by atoms with van der Waals surface area (Å²) in [6, 6.07) is 7.23. The second kappa shape index (κ2) is 5.99. The van der Waals surface area contributed by atoms with Crippen molar-refractivity contribution < 1.29 is 4.79 Å². The van der Waals surface area contributed by atoms with Crippen molar-refractivity contribution in [1.29, 1.82) is 0 Å². The Morgan fingerprint density at radius 1 is 1.40 bits per heavy atom. The number of nitrogens with one attached hydrogen (secondary N) is 1. The number of rotatable bonds is 4. The molecule has 0 aliphatic rings. The molecule has 1 N–H and O–H groups in total. The van der Waals surface area contributed by atoms with E-state index in [4.69, 9.17) is 23.2 Å². The van der Waals surface area contributed by atoms with Crippen molar-refractivity contribution in [2.75, 3.05) is 5.88 Å². The van der Waals surface area contributed by atoms with Crippen LogP contribution in [0.25, 0.3) is 0 Å². The van der Waals surface area contributed by atoms with Gasteiger partial charge in [-0.15, -0.1) is 11.6 Å². The van der Waals surface area contributed by atoms with Gasteiger partial charge in [-0.05, 0) is 24.6 Å². The van der Waals surface area contributed by atoms with Gasteiger partial charge >= 0.3 is 0 Å². The highest BCUT2D eigenvalue weighted by Gasteiger charge is 2.06. The van der Waals surface area contributed by atoms with Crippen molar-refractivity contribution in [3.8, 4) is 0 Å². The number of hydrogen-bond donors (Lipinski definition) is 1. The van der Waals surface area contributed by atoms with E-state index >= 15 is 0 Å². The van der Waals surface area contributed by atoms with Crippen molar-refractivity contribution in [3.63, 3.8) is 0 Å². The molecule has 0 spiro atoms. The van der Waals surface area contributed by atoms with E-state index in [0.717, 1.165) is 5.56 Å². The number of hydrogen-bond acceptors (Lipinski definition) is 1. The molecule has 0 aliphatic carbocycles. The van der Waals surface area contributed by atoms with E-state index in [-0.39, 0.29) is 11.9 Å². The van der Waals surface area contributed by atoms with Crippen LogP contribution in [-0.4, -0.2) is 17.8 Å². The van der Waals surface area contributed by atoms with E-state index in [1.54, 1.807) is 12.1 Å². The smallest absolute Gasteiger partial charge is 0.224 e. The summed E-state index contributed by atoms with van der Waals surface area (Å²) in [7, 11) is 0. The fourth-order valence-corrected chi connectivity index (χ4v) is 1.36. The molecule has 1 amide bonds. The average Bonchev–Trinajstić information content (AvgIpc) is 2.21. The van der Waals surface area contributed by atoms with Crippen molar-refractivity contribution in [2.24, 2.45) is 0 Å². The van der Waals surface area contributed by atoms with Gasteiger partial charge in [-0.1, -0.05) is 23.7 Å². The van der Waals surface area contributed by atoms with Gasteiger partial charge in [0.1, 0.15) is 0 Å². The zero-order valence-corrected chi connectivity index (χ0v) is 9.98. The van der Waals surface area contributed by atoms with Gasteiger partial charge in [-0.3, -0.25) is 4.79 Å². The third-order valence-electron chi connectivity index (χ3n) is 1.92. The third-order valence-corrected chi connectivity index (χ3v) is 2.63. The van der Waals surface area contributed by atoms with Crippen LogP contribution < -0.4 is 5.32 Å². The first kappa shape index (κ1) is 12.3. The zero-order chi connectivity index (χ0) is 11.3. The van der Waals surface area contributed by atoms with Crippen LogP contribution in [0, 0.1) is 0 Å². The van der Waals surface area contributed by atoms with Crippen molar-refractivity contribution in [3.05, 3.63) is 34.9 Å². The maximum Gasteiger partial charge on any atom is 0.224 e. The van der Waals surface area contributed by atoms with E-state index in [9.17, 15) is 4.79 Å². The van der Waals surface area contributed by atoms with Gasteiger partial charge in [0.25, 0.3) is 0 Å². The second-order valence-electron chi connectivity index (χ2n) is 3.43. The van der Waals surface area contributed by atoms with Crippen molar-refractivity contribution >= 4 is 29.1 Å². The Labute approximate surface area is 99.6 Å². The van der Waals surface area contributed by atoms with Gasteiger partial charge in [-0.25, -0.2) is 0 Å². The van der Waals surface area contributed by atoms with Gasteiger partial charge in [0, 0.05) is 16.9 Å². The zero-order valence-electron chi connectivity index (χ0n) is 8.47. The fourth-order valence-electron chi connectivity index (χ4n) is 1.15. The Bertz CT molecular complexity index is 324. The van der Waals surface area contributed by atoms with Crippen molar-refractivity contribution in [1.82, 2.24) is 5.32 Å². The number of benzene rings is 1. The lowest BCUT2D eigenvalue weighted by Gasteiger charge is -2.10. The highest BCUT2D eigenvalue weighted by Crippen LogP contribution is 2.09. The minimum atomic E-state index is -0.0227. The van der Waals surface area contributed by atoms with Crippen molar-refractivity contribution in [2.45, 2.75) is 19.4 Å². The van der Waals surface area contributed by atoms with Crippen LogP contribution in [0.2, 0.25) is 5.02 Å². The molecule has 1 aromatic rings. The van der Waals surface area contributed by atoms with Gasteiger partial charge in [0.15, 0.2) is 0 Å². The first-order valence-electron chi connectivity index (χ1n) is 4.71. The summed E-state index contributed by atoms with van der Waals surface area (Å²) < 4.78 is 0. The molecular weight excluding hydrogens is 233 g/mol. The second-order valence-corrected chi connectivity index (χ2v) is 4.17. The normalized spacial score (nSPS) is 12.2. The Hall–Kier alpha value is -0.730. The Balaban J connectivity index is 2.48. The van der Waals surface area contributed by atoms with Crippen LogP contribution in [0.3, 0.4) is 0 Å².